The molecule has 3 aromatic rings. The van der Waals surface area contributed by atoms with Crippen molar-refractivity contribution in [3.05, 3.63) is 86.2 Å². The number of halogens is 2. The van der Waals surface area contributed by atoms with Gasteiger partial charge in [-0.05, 0) is 48.2 Å². The number of anilines is 2. The fourth-order valence-corrected chi connectivity index (χ4v) is 4.19. The summed E-state index contributed by atoms with van der Waals surface area (Å²) in [5.74, 6) is -0.872. The Morgan fingerprint density at radius 3 is 2.36 bits per heavy atom. The molecule has 4 nitrogen and oxygen atoms in total. The average Bonchev–Trinajstić information content (AvgIpc) is 3.27. The maximum atomic E-state index is 13.3. The van der Waals surface area contributed by atoms with Gasteiger partial charge in [-0.2, -0.15) is 0 Å². The molecule has 1 aromatic heterocycles. The maximum Gasteiger partial charge on any atom is 0.282 e. The van der Waals surface area contributed by atoms with Crippen molar-refractivity contribution in [2.75, 3.05) is 10.2 Å². The summed E-state index contributed by atoms with van der Waals surface area (Å²) < 4.78 is 0. The summed E-state index contributed by atoms with van der Waals surface area (Å²) in [7, 11) is 0. The van der Waals surface area contributed by atoms with E-state index >= 15 is 0 Å². The SMILES string of the molecule is Cc1c(Cl)cccc1NC1=C(c2cccs2)C(=O)N(c2ccccc2Cl)C1=O. The molecule has 0 unspecified atom stereocenters. The molecule has 2 amide bonds. The number of rotatable bonds is 4. The molecule has 1 aliphatic rings. The summed E-state index contributed by atoms with van der Waals surface area (Å²) >= 11 is 13.9. The van der Waals surface area contributed by atoms with Crippen LogP contribution < -0.4 is 10.2 Å². The van der Waals surface area contributed by atoms with Crippen LogP contribution in [0.4, 0.5) is 11.4 Å². The van der Waals surface area contributed by atoms with E-state index < -0.39 is 11.8 Å². The Morgan fingerprint density at radius 1 is 0.893 bits per heavy atom. The third-order valence-corrected chi connectivity index (χ3v) is 6.09. The minimum absolute atomic E-state index is 0.206. The molecular formula is C21H14Cl2N2O2S. The van der Waals surface area contributed by atoms with Crippen LogP contribution in [-0.4, -0.2) is 11.8 Å². The van der Waals surface area contributed by atoms with Crippen molar-refractivity contribution in [2.24, 2.45) is 0 Å². The first-order valence-electron chi connectivity index (χ1n) is 8.42. The van der Waals surface area contributed by atoms with Crippen LogP contribution in [0.25, 0.3) is 5.57 Å². The Hall–Kier alpha value is -2.60. The quantitative estimate of drug-likeness (QED) is 0.537. The fraction of sp³-hybridized carbons (Fsp3) is 0.0476. The number of nitrogens with zero attached hydrogens (tertiary/aromatic N) is 1. The number of hydrogen-bond acceptors (Lipinski definition) is 4. The predicted octanol–water partition coefficient (Wildman–Crippen LogP) is 5.76. The van der Waals surface area contributed by atoms with Crippen molar-refractivity contribution in [1.29, 1.82) is 0 Å². The maximum absolute atomic E-state index is 13.3. The second-order valence-electron chi connectivity index (χ2n) is 6.16. The van der Waals surface area contributed by atoms with Gasteiger partial charge in [-0.15, -0.1) is 11.3 Å². The summed E-state index contributed by atoms with van der Waals surface area (Å²) in [6, 6.07) is 15.8. The molecule has 4 rings (SSSR count). The molecule has 140 valence electrons. The third kappa shape index (κ3) is 3.11. The Morgan fingerprint density at radius 2 is 1.64 bits per heavy atom. The molecule has 0 bridgehead atoms. The molecule has 0 aliphatic carbocycles. The lowest BCUT2D eigenvalue weighted by molar-refractivity contribution is -0.120. The van der Waals surface area contributed by atoms with E-state index in [1.807, 2.05) is 30.5 Å². The zero-order valence-electron chi connectivity index (χ0n) is 14.7. The Kier molecular flexibility index (Phi) is 4.98. The number of carbonyl (C=O) groups excluding carboxylic acids is 2. The van der Waals surface area contributed by atoms with E-state index in [0.29, 0.717) is 31.9 Å². The molecule has 1 aliphatic heterocycles. The van der Waals surface area contributed by atoms with Crippen molar-refractivity contribution >= 4 is 63.3 Å². The average molecular weight is 429 g/mol. The summed E-state index contributed by atoms with van der Waals surface area (Å²) in [6.45, 7) is 1.85. The number of para-hydroxylation sites is 1. The van der Waals surface area contributed by atoms with Gasteiger partial charge >= 0.3 is 0 Å². The molecule has 28 heavy (non-hydrogen) atoms. The normalized spacial score (nSPS) is 14.2. The van der Waals surface area contributed by atoms with E-state index in [2.05, 4.69) is 5.32 Å². The Bertz CT molecular complexity index is 1120. The fourth-order valence-electron chi connectivity index (χ4n) is 3.02. The number of benzene rings is 2. The molecule has 7 heteroatoms. The van der Waals surface area contributed by atoms with Crippen LogP contribution in [-0.2, 0) is 9.59 Å². The van der Waals surface area contributed by atoms with E-state index in [4.69, 9.17) is 23.2 Å². The van der Waals surface area contributed by atoms with E-state index in [9.17, 15) is 9.59 Å². The lowest BCUT2D eigenvalue weighted by Gasteiger charge is -2.17. The summed E-state index contributed by atoms with van der Waals surface area (Å²) in [5, 5.41) is 5.90. The van der Waals surface area contributed by atoms with E-state index in [0.717, 1.165) is 10.5 Å². The van der Waals surface area contributed by atoms with Gasteiger partial charge < -0.3 is 5.32 Å². The molecule has 0 fully saturated rings. The third-order valence-electron chi connectivity index (χ3n) is 4.47. The highest BCUT2D eigenvalue weighted by Gasteiger charge is 2.41. The van der Waals surface area contributed by atoms with Crippen molar-refractivity contribution in [3.63, 3.8) is 0 Å². The van der Waals surface area contributed by atoms with Crippen LogP contribution in [0.3, 0.4) is 0 Å². The zero-order chi connectivity index (χ0) is 19.8. The van der Waals surface area contributed by atoms with Crippen LogP contribution in [0.15, 0.2) is 65.7 Å². The van der Waals surface area contributed by atoms with Crippen LogP contribution in [0, 0.1) is 6.92 Å². The van der Waals surface area contributed by atoms with Gasteiger partial charge in [0.2, 0.25) is 0 Å². The number of nitrogens with one attached hydrogen (secondary N) is 1. The molecule has 0 spiro atoms. The van der Waals surface area contributed by atoms with Crippen molar-refractivity contribution < 1.29 is 9.59 Å². The first kappa shape index (κ1) is 18.7. The van der Waals surface area contributed by atoms with E-state index in [1.54, 1.807) is 36.4 Å². The molecular weight excluding hydrogens is 415 g/mol. The number of amides is 2. The van der Waals surface area contributed by atoms with Crippen molar-refractivity contribution in [3.8, 4) is 0 Å². The topological polar surface area (TPSA) is 49.4 Å². The second kappa shape index (κ2) is 7.43. The van der Waals surface area contributed by atoms with Gasteiger partial charge in [-0.3, -0.25) is 9.59 Å². The second-order valence-corrected chi connectivity index (χ2v) is 7.92. The molecule has 2 aromatic carbocycles. The van der Waals surface area contributed by atoms with Crippen molar-refractivity contribution in [1.82, 2.24) is 0 Å². The van der Waals surface area contributed by atoms with Gasteiger partial charge in [-0.1, -0.05) is 47.5 Å². The molecule has 0 saturated heterocycles. The van der Waals surface area contributed by atoms with Gasteiger partial charge in [0.25, 0.3) is 11.8 Å². The zero-order valence-corrected chi connectivity index (χ0v) is 17.0. The Balaban J connectivity index is 1.85. The van der Waals surface area contributed by atoms with Gasteiger partial charge in [-0.25, -0.2) is 4.90 Å². The highest BCUT2D eigenvalue weighted by Crippen LogP contribution is 2.38. The number of carbonyl (C=O) groups is 2. The number of imide groups is 1. The molecule has 0 radical (unpaired) electrons. The molecule has 2 heterocycles. The smallest absolute Gasteiger partial charge is 0.282 e. The molecule has 1 N–H and O–H groups in total. The number of hydrogen-bond donors (Lipinski definition) is 1. The van der Waals surface area contributed by atoms with E-state index in [-0.39, 0.29) is 5.70 Å². The summed E-state index contributed by atoms with van der Waals surface area (Å²) in [4.78, 5) is 28.3. The van der Waals surface area contributed by atoms with Crippen molar-refractivity contribution in [2.45, 2.75) is 6.92 Å². The first-order valence-corrected chi connectivity index (χ1v) is 10.1. The summed E-state index contributed by atoms with van der Waals surface area (Å²) in [6.07, 6.45) is 0. The first-order chi connectivity index (χ1) is 13.5. The van der Waals surface area contributed by atoms with Crippen LogP contribution in [0.5, 0.6) is 0 Å². The van der Waals surface area contributed by atoms with Crippen LogP contribution in [0.1, 0.15) is 10.4 Å². The van der Waals surface area contributed by atoms with Gasteiger partial charge in [0.15, 0.2) is 0 Å². The Labute approximate surface area is 176 Å². The highest BCUT2D eigenvalue weighted by molar-refractivity contribution is 7.11. The van der Waals surface area contributed by atoms with Gasteiger partial charge in [0.05, 0.1) is 16.3 Å². The lowest BCUT2D eigenvalue weighted by Crippen LogP contribution is -2.32. The predicted molar refractivity (Wildman–Crippen MR) is 115 cm³/mol. The van der Waals surface area contributed by atoms with Gasteiger partial charge in [0.1, 0.15) is 5.70 Å². The van der Waals surface area contributed by atoms with Crippen LogP contribution in [0.2, 0.25) is 10.0 Å². The summed E-state index contributed by atoms with van der Waals surface area (Å²) in [5.41, 5.74) is 2.34. The highest BCUT2D eigenvalue weighted by atomic mass is 35.5. The number of thiophene rings is 1. The minimum Gasteiger partial charge on any atom is -0.350 e. The van der Waals surface area contributed by atoms with E-state index in [1.165, 1.54) is 11.3 Å². The van der Waals surface area contributed by atoms with Gasteiger partial charge in [0, 0.05) is 15.6 Å². The molecule has 0 atom stereocenters. The standard InChI is InChI=1S/C21H14Cl2N2O2S/c1-12-13(22)7-4-8-15(12)24-19-18(17-10-5-11-28-17)20(26)25(21(19)27)16-9-3-2-6-14(16)23/h2-11,24H,1H3. The lowest BCUT2D eigenvalue weighted by atomic mass is 10.1. The monoisotopic (exact) mass is 428 g/mol. The minimum atomic E-state index is -0.458. The molecule has 0 saturated carbocycles. The largest absolute Gasteiger partial charge is 0.350 e. The van der Waals surface area contributed by atoms with Crippen LogP contribution >= 0.6 is 34.5 Å².